The summed E-state index contributed by atoms with van der Waals surface area (Å²) in [5.41, 5.74) is 10.2. The number of hydrogen-bond donors (Lipinski definition) is 4. The normalized spacial score (nSPS) is 16.2. The van der Waals surface area contributed by atoms with E-state index in [0.717, 1.165) is 48.0 Å². The summed E-state index contributed by atoms with van der Waals surface area (Å²) in [5, 5.41) is 14.1. The molecule has 0 aliphatic carbocycles. The molecular weight excluding hydrogens is 568 g/mol. The number of unbranched alkanes of at least 4 members (excludes halogenated alkanes) is 1. The molecule has 5 rings (SSSR count). The number of aromatic nitrogens is 1. The van der Waals surface area contributed by atoms with Gasteiger partial charge in [-0.15, -0.1) is 0 Å². The van der Waals surface area contributed by atoms with E-state index in [1.807, 2.05) is 37.4 Å². The van der Waals surface area contributed by atoms with Gasteiger partial charge in [0.15, 0.2) is 12.4 Å². The van der Waals surface area contributed by atoms with Crippen molar-refractivity contribution in [3.63, 3.8) is 0 Å². The number of rotatable bonds is 9. The standard InChI is InChI=1S/C30H34N4O4.2CO2/c1-19-15-20(28(37)23-7-3-4-8-26(23)35)17-34-14-11-22-24-16-21(38-18-27(36)32-13-6-5-12-31)9-10-25(24)33-29(22)30(19,34)2;2*2-1-3/h3-4,7-10,15-17,33,35H,5-6,11-14,18,31H2,1-2H3,(H,32,36);;/t30-;;/m1../s1. The van der Waals surface area contributed by atoms with Crippen LogP contribution in [0.4, 0.5) is 0 Å². The summed E-state index contributed by atoms with van der Waals surface area (Å²) in [6, 6.07) is 12.5. The van der Waals surface area contributed by atoms with Gasteiger partial charge in [-0.3, -0.25) is 9.59 Å². The van der Waals surface area contributed by atoms with Gasteiger partial charge in [0.25, 0.3) is 5.91 Å². The fourth-order valence-electron chi connectivity index (χ4n) is 5.43. The number of nitrogens with two attached hydrogens (primary N) is 1. The minimum Gasteiger partial charge on any atom is -0.507 e. The molecule has 1 atom stereocenters. The number of amides is 1. The summed E-state index contributed by atoms with van der Waals surface area (Å²) >= 11 is 0. The van der Waals surface area contributed by atoms with E-state index in [9.17, 15) is 14.7 Å². The molecule has 0 saturated carbocycles. The first-order valence-corrected chi connectivity index (χ1v) is 13.9. The van der Waals surface area contributed by atoms with Crippen LogP contribution in [0.1, 0.15) is 48.3 Å². The van der Waals surface area contributed by atoms with Gasteiger partial charge in [0, 0.05) is 41.5 Å². The molecule has 12 heteroatoms. The number of phenols is 1. The quantitative estimate of drug-likeness (QED) is 0.209. The third-order valence-electron chi connectivity index (χ3n) is 7.71. The van der Waals surface area contributed by atoms with Gasteiger partial charge >= 0.3 is 12.3 Å². The summed E-state index contributed by atoms with van der Waals surface area (Å²) in [6.45, 7) is 6.12. The molecule has 0 spiro atoms. The van der Waals surface area contributed by atoms with Crippen molar-refractivity contribution in [3.8, 4) is 11.5 Å². The van der Waals surface area contributed by atoms with Crippen molar-refractivity contribution in [2.24, 2.45) is 5.73 Å². The Balaban J connectivity index is 0.000000816. The second kappa shape index (κ2) is 15.3. The zero-order valence-electron chi connectivity index (χ0n) is 24.5. The second-order valence-electron chi connectivity index (χ2n) is 10.3. The number of hydrogen-bond acceptors (Lipinski definition) is 10. The van der Waals surface area contributed by atoms with Gasteiger partial charge in [0.1, 0.15) is 11.5 Å². The van der Waals surface area contributed by atoms with Crippen molar-refractivity contribution in [1.82, 2.24) is 15.2 Å². The second-order valence-corrected chi connectivity index (χ2v) is 10.3. The molecule has 0 bridgehead atoms. The van der Waals surface area contributed by atoms with Crippen molar-refractivity contribution < 1.29 is 38.6 Å². The first-order valence-electron chi connectivity index (χ1n) is 13.9. The van der Waals surface area contributed by atoms with Crippen molar-refractivity contribution in [2.75, 3.05) is 26.2 Å². The van der Waals surface area contributed by atoms with Crippen molar-refractivity contribution in [3.05, 3.63) is 82.7 Å². The monoisotopic (exact) mass is 602 g/mol. The van der Waals surface area contributed by atoms with E-state index in [2.05, 4.69) is 22.1 Å². The number of aromatic hydroxyl groups is 1. The Bertz CT molecular complexity index is 1630. The minimum atomic E-state index is -0.445. The van der Waals surface area contributed by atoms with Gasteiger partial charge in [0.2, 0.25) is 0 Å². The van der Waals surface area contributed by atoms with Crippen molar-refractivity contribution >= 4 is 34.9 Å². The summed E-state index contributed by atoms with van der Waals surface area (Å²) in [6.07, 6.45) is 6.86. The third-order valence-corrected chi connectivity index (χ3v) is 7.71. The van der Waals surface area contributed by atoms with Crippen molar-refractivity contribution in [2.45, 2.75) is 38.6 Å². The maximum absolute atomic E-state index is 13.2. The highest BCUT2D eigenvalue weighted by Crippen LogP contribution is 2.46. The predicted octanol–water partition coefficient (Wildman–Crippen LogP) is 2.74. The minimum absolute atomic E-state index is 0.0172. The Morgan fingerprint density at radius 3 is 2.50 bits per heavy atom. The maximum Gasteiger partial charge on any atom is 0.373 e. The number of Topliss-reactive ketones (excluding diaryl/α,β-unsaturated/α-hetero) is 1. The lowest BCUT2D eigenvalue weighted by molar-refractivity contribution is -0.193. The molecule has 3 aromatic rings. The third kappa shape index (κ3) is 7.19. The van der Waals surface area contributed by atoms with Gasteiger partial charge in [-0.1, -0.05) is 12.1 Å². The van der Waals surface area contributed by atoms with Crippen LogP contribution < -0.4 is 15.8 Å². The zero-order valence-corrected chi connectivity index (χ0v) is 24.5. The number of nitrogens with one attached hydrogen (secondary N) is 2. The highest BCUT2D eigenvalue weighted by atomic mass is 16.5. The van der Waals surface area contributed by atoms with E-state index in [0.29, 0.717) is 30.0 Å². The number of carbonyl (C=O) groups is 2. The smallest absolute Gasteiger partial charge is 0.373 e. The van der Waals surface area contributed by atoms with Crippen LogP contribution in [0, 0.1) is 0 Å². The van der Waals surface area contributed by atoms with Gasteiger partial charge in [-0.25, -0.2) is 0 Å². The number of para-hydroxylation sites is 1. The molecule has 0 unspecified atom stereocenters. The molecule has 230 valence electrons. The lowest BCUT2D eigenvalue weighted by Crippen LogP contribution is -2.48. The molecule has 0 saturated heterocycles. The van der Waals surface area contributed by atoms with Gasteiger partial charge < -0.3 is 30.8 Å². The van der Waals surface area contributed by atoms with Gasteiger partial charge in [-0.05, 0) is 87.2 Å². The van der Waals surface area contributed by atoms with Crippen LogP contribution in [-0.4, -0.2) is 65.2 Å². The number of phenolic OH excluding ortho intramolecular Hbond substituents is 1. The number of carbonyl (C=O) groups excluding carboxylic acids is 6. The molecule has 12 nitrogen and oxygen atoms in total. The topological polar surface area (TPSA) is 189 Å². The van der Waals surface area contributed by atoms with E-state index >= 15 is 0 Å². The summed E-state index contributed by atoms with van der Waals surface area (Å²) in [4.78, 5) is 63.7. The zero-order chi connectivity index (χ0) is 32.3. The van der Waals surface area contributed by atoms with Crippen LogP contribution in [-0.2, 0) is 35.9 Å². The maximum atomic E-state index is 13.2. The average Bonchev–Trinajstić information content (AvgIpc) is 3.39. The Kier molecular flexibility index (Phi) is 11.5. The average molecular weight is 603 g/mol. The van der Waals surface area contributed by atoms with Crippen LogP contribution >= 0.6 is 0 Å². The Labute approximate surface area is 253 Å². The van der Waals surface area contributed by atoms with Crippen LogP contribution in [0.5, 0.6) is 11.5 Å². The number of nitrogens with zero attached hydrogens (tertiary/aromatic N) is 1. The number of benzene rings is 2. The molecule has 5 N–H and O–H groups in total. The van der Waals surface area contributed by atoms with Crippen LogP contribution in [0.15, 0.2) is 65.9 Å². The number of ether oxygens (including phenoxy) is 1. The van der Waals surface area contributed by atoms with E-state index in [1.54, 1.807) is 18.2 Å². The molecule has 2 aliphatic heterocycles. The fourth-order valence-corrected chi connectivity index (χ4v) is 5.43. The van der Waals surface area contributed by atoms with Crippen LogP contribution in [0.3, 0.4) is 0 Å². The van der Waals surface area contributed by atoms with E-state index in [-0.39, 0.29) is 36.3 Å². The molecule has 3 heterocycles. The van der Waals surface area contributed by atoms with Crippen LogP contribution in [0.2, 0.25) is 0 Å². The summed E-state index contributed by atoms with van der Waals surface area (Å²) in [7, 11) is 0. The Morgan fingerprint density at radius 1 is 1.11 bits per heavy atom. The Morgan fingerprint density at radius 2 is 1.82 bits per heavy atom. The molecule has 0 radical (unpaired) electrons. The molecule has 2 aromatic carbocycles. The molecular formula is C32H34N4O8. The lowest BCUT2D eigenvalue weighted by atomic mass is 9.78. The molecule has 2 aliphatic rings. The highest BCUT2D eigenvalue weighted by Gasteiger charge is 2.43. The number of H-pyrrole nitrogens is 1. The number of fused-ring (bicyclic) bond motifs is 5. The van der Waals surface area contributed by atoms with Crippen molar-refractivity contribution in [1.29, 1.82) is 0 Å². The number of aromatic amines is 1. The molecule has 44 heavy (non-hydrogen) atoms. The van der Waals surface area contributed by atoms with E-state index in [1.165, 1.54) is 11.6 Å². The molecule has 1 amide bonds. The number of allylic oxidation sites excluding steroid dienone is 2. The first-order chi connectivity index (χ1) is 21.2. The first kappa shape index (κ1) is 33.2. The Hall–Kier alpha value is -5.28. The van der Waals surface area contributed by atoms with Gasteiger partial charge in [-0.2, -0.15) is 19.2 Å². The van der Waals surface area contributed by atoms with Crippen LogP contribution in [0.25, 0.3) is 10.9 Å². The molecule has 1 aromatic heterocycles. The molecule has 0 fully saturated rings. The lowest BCUT2D eigenvalue weighted by Gasteiger charge is -2.47. The summed E-state index contributed by atoms with van der Waals surface area (Å²) in [5.74, 6) is 0.286. The fraction of sp³-hybridized carbons (Fsp3) is 0.312. The van der Waals surface area contributed by atoms with E-state index in [4.69, 9.17) is 29.6 Å². The number of ketones is 1. The largest absolute Gasteiger partial charge is 0.507 e. The SMILES string of the molecule is CC1=CC(C(=O)c2ccccc2O)=CN2CCc3c([nH]c4ccc(OCC(=O)NCCCCN)cc34)[C@@]12C.O=C=O.O=C=O. The highest BCUT2D eigenvalue weighted by molar-refractivity contribution is 6.12. The predicted molar refractivity (Wildman–Crippen MR) is 157 cm³/mol. The van der Waals surface area contributed by atoms with Gasteiger partial charge in [0.05, 0.1) is 11.1 Å². The summed E-state index contributed by atoms with van der Waals surface area (Å²) < 4.78 is 5.80. The van der Waals surface area contributed by atoms with E-state index < -0.39 is 5.54 Å².